The molecule has 88 valence electrons. The predicted molar refractivity (Wildman–Crippen MR) is 62.1 cm³/mol. The van der Waals surface area contributed by atoms with Crippen LogP contribution in [-0.2, 0) is 4.74 Å². The van der Waals surface area contributed by atoms with E-state index < -0.39 is 0 Å². The third-order valence-corrected chi connectivity index (χ3v) is 4.01. The van der Waals surface area contributed by atoms with Gasteiger partial charge in [0.15, 0.2) is 0 Å². The minimum atomic E-state index is 0.535. The van der Waals surface area contributed by atoms with Gasteiger partial charge in [-0.3, -0.25) is 4.90 Å². The van der Waals surface area contributed by atoms with Crippen LogP contribution in [0.2, 0.25) is 0 Å². The fourth-order valence-electron chi connectivity index (χ4n) is 2.69. The van der Waals surface area contributed by atoms with Crippen LogP contribution in [0, 0.1) is 0 Å². The topological polar surface area (TPSA) is 24.5 Å². The summed E-state index contributed by atoms with van der Waals surface area (Å²) < 4.78 is 5.34. The van der Waals surface area contributed by atoms with E-state index in [2.05, 4.69) is 17.1 Å². The average Bonchev–Trinajstić information content (AvgIpc) is 2.42. The van der Waals surface area contributed by atoms with Crippen LogP contribution in [0.5, 0.6) is 0 Å². The van der Waals surface area contributed by atoms with Crippen LogP contribution in [0.25, 0.3) is 0 Å². The summed E-state index contributed by atoms with van der Waals surface area (Å²) in [5.41, 5.74) is 0. The molecule has 0 bridgehead atoms. The quantitative estimate of drug-likeness (QED) is 0.762. The molecule has 1 atom stereocenters. The van der Waals surface area contributed by atoms with E-state index in [9.17, 15) is 0 Å². The van der Waals surface area contributed by atoms with Crippen LogP contribution in [0.4, 0.5) is 0 Å². The first-order valence-electron chi connectivity index (χ1n) is 6.33. The maximum absolute atomic E-state index is 5.34. The van der Waals surface area contributed by atoms with Crippen LogP contribution in [-0.4, -0.2) is 49.8 Å². The highest BCUT2D eigenvalue weighted by molar-refractivity contribution is 4.89. The smallest absolute Gasteiger partial charge is 0.0601 e. The van der Waals surface area contributed by atoms with Gasteiger partial charge in [0.05, 0.1) is 6.10 Å². The molecule has 2 aliphatic rings. The van der Waals surface area contributed by atoms with E-state index in [1.54, 1.807) is 0 Å². The van der Waals surface area contributed by atoms with E-state index >= 15 is 0 Å². The van der Waals surface area contributed by atoms with Gasteiger partial charge in [-0.15, -0.1) is 0 Å². The van der Waals surface area contributed by atoms with Crippen molar-refractivity contribution < 1.29 is 4.74 Å². The second kappa shape index (κ2) is 5.28. The Morgan fingerprint density at radius 1 is 1.33 bits per heavy atom. The molecule has 2 rings (SSSR count). The first kappa shape index (κ1) is 11.4. The fourth-order valence-corrected chi connectivity index (χ4v) is 2.69. The molecule has 1 saturated heterocycles. The molecule has 0 aromatic rings. The van der Waals surface area contributed by atoms with E-state index in [0.29, 0.717) is 6.10 Å². The van der Waals surface area contributed by atoms with E-state index in [-0.39, 0.29) is 0 Å². The molecule has 1 N–H and O–H groups in total. The summed E-state index contributed by atoms with van der Waals surface area (Å²) in [7, 11) is 1.83. The van der Waals surface area contributed by atoms with Crippen LogP contribution in [0.15, 0.2) is 0 Å². The van der Waals surface area contributed by atoms with Gasteiger partial charge in [0.25, 0.3) is 0 Å². The molecule has 1 aliphatic carbocycles. The zero-order chi connectivity index (χ0) is 10.7. The number of methoxy groups -OCH3 is 1. The predicted octanol–water partition coefficient (Wildman–Crippen LogP) is 1.24. The Labute approximate surface area is 93.2 Å². The van der Waals surface area contributed by atoms with Crippen molar-refractivity contribution in [2.45, 2.75) is 50.8 Å². The van der Waals surface area contributed by atoms with Crippen molar-refractivity contribution in [3.63, 3.8) is 0 Å². The molecule has 1 saturated carbocycles. The molecule has 0 aromatic carbocycles. The maximum atomic E-state index is 5.34. The molecule has 1 heterocycles. The van der Waals surface area contributed by atoms with Gasteiger partial charge in [-0.1, -0.05) is 6.92 Å². The second-order valence-electron chi connectivity index (χ2n) is 4.87. The Bertz CT molecular complexity index is 192. The molecule has 3 nitrogen and oxygen atoms in total. The summed E-state index contributed by atoms with van der Waals surface area (Å²) in [6, 6.07) is 1.54. The Kier molecular flexibility index (Phi) is 4.00. The van der Waals surface area contributed by atoms with Crippen molar-refractivity contribution >= 4 is 0 Å². The summed E-state index contributed by atoms with van der Waals surface area (Å²) in [5, 5.41) is 3.62. The molecule has 0 spiro atoms. The van der Waals surface area contributed by atoms with E-state index in [4.69, 9.17) is 4.74 Å². The molecule has 2 fully saturated rings. The van der Waals surface area contributed by atoms with Gasteiger partial charge in [0.1, 0.15) is 0 Å². The first-order chi connectivity index (χ1) is 7.33. The number of hydrogen-bond donors (Lipinski definition) is 1. The highest BCUT2D eigenvalue weighted by Gasteiger charge is 2.34. The molecular formula is C12H24N2O. The summed E-state index contributed by atoms with van der Waals surface area (Å²) in [6.45, 7) is 5.93. The van der Waals surface area contributed by atoms with E-state index in [1.165, 1.54) is 38.8 Å². The van der Waals surface area contributed by atoms with E-state index in [1.807, 2.05) is 7.11 Å². The number of rotatable bonds is 3. The SMILES string of the molecule is CCC1CCN(C2CC(OC)C2)CCN1. The Morgan fingerprint density at radius 2 is 2.13 bits per heavy atom. The molecule has 15 heavy (non-hydrogen) atoms. The lowest BCUT2D eigenvalue weighted by molar-refractivity contribution is -0.0253. The Hall–Kier alpha value is -0.120. The zero-order valence-electron chi connectivity index (χ0n) is 10.0. The normalized spacial score (nSPS) is 38.4. The first-order valence-corrected chi connectivity index (χ1v) is 6.33. The molecule has 3 heteroatoms. The lowest BCUT2D eigenvalue weighted by Gasteiger charge is -2.41. The van der Waals surface area contributed by atoms with Gasteiger partial charge in [0.2, 0.25) is 0 Å². The highest BCUT2D eigenvalue weighted by atomic mass is 16.5. The van der Waals surface area contributed by atoms with Crippen molar-refractivity contribution in [2.24, 2.45) is 0 Å². The largest absolute Gasteiger partial charge is 0.381 e. The molecule has 0 amide bonds. The van der Waals surface area contributed by atoms with Gasteiger partial charge >= 0.3 is 0 Å². The highest BCUT2D eigenvalue weighted by Crippen LogP contribution is 2.28. The summed E-state index contributed by atoms with van der Waals surface area (Å²) >= 11 is 0. The summed E-state index contributed by atoms with van der Waals surface area (Å²) in [6.07, 6.45) is 5.60. The third-order valence-electron chi connectivity index (χ3n) is 4.01. The van der Waals surface area contributed by atoms with Gasteiger partial charge in [0, 0.05) is 32.3 Å². The van der Waals surface area contributed by atoms with Crippen LogP contribution in [0.1, 0.15) is 32.6 Å². The summed E-state index contributed by atoms with van der Waals surface area (Å²) in [5.74, 6) is 0. The molecule has 0 radical (unpaired) electrons. The monoisotopic (exact) mass is 212 g/mol. The second-order valence-corrected chi connectivity index (χ2v) is 4.87. The number of nitrogens with one attached hydrogen (secondary N) is 1. The molecular weight excluding hydrogens is 188 g/mol. The third kappa shape index (κ3) is 2.71. The number of hydrogen-bond acceptors (Lipinski definition) is 3. The minimum Gasteiger partial charge on any atom is -0.381 e. The van der Waals surface area contributed by atoms with Crippen molar-refractivity contribution in [1.82, 2.24) is 10.2 Å². The van der Waals surface area contributed by atoms with Gasteiger partial charge in [-0.2, -0.15) is 0 Å². The van der Waals surface area contributed by atoms with Crippen LogP contribution in [0.3, 0.4) is 0 Å². The standard InChI is InChI=1S/C12H24N2O/c1-3-10-4-6-14(7-5-13-10)11-8-12(9-11)15-2/h10-13H,3-9H2,1-2H3. The molecule has 1 aliphatic heterocycles. The number of nitrogens with zero attached hydrogens (tertiary/aromatic N) is 1. The van der Waals surface area contributed by atoms with Gasteiger partial charge in [-0.25, -0.2) is 0 Å². The van der Waals surface area contributed by atoms with Crippen LogP contribution < -0.4 is 5.32 Å². The lowest BCUT2D eigenvalue weighted by atomic mass is 9.87. The van der Waals surface area contributed by atoms with Crippen LogP contribution >= 0.6 is 0 Å². The fraction of sp³-hybridized carbons (Fsp3) is 1.00. The van der Waals surface area contributed by atoms with E-state index in [0.717, 1.165) is 18.6 Å². The van der Waals surface area contributed by atoms with Crippen molar-refractivity contribution in [3.8, 4) is 0 Å². The van der Waals surface area contributed by atoms with Crippen molar-refractivity contribution in [2.75, 3.05) is 26.7 Å². The average molecular weight is 212 g/mol. The van der Waals surface area contributed by atoms with Crippen molar-refractivity contribution in [3.05, 3.63) is 0 Å². The van der Waals surface area contributed by atoms with Crippen molar-refractivity contribution in [1.29, 1.82) is 0 Å². The number of ether oxygens (including phenoxy) is 1. The Balaban J connectivity index is 1.75. The molecule has 0 aromatic heterocycles. The van der Waals surface area contributed by atoms with Gasteiger partial charge in [-0.05, 0) is 32.2 Å². The maximum Gasteiger partial charge on any atom is 0.0601 e. The lowest BCUT2D eigenvalue weighted by Crippen LogP contribution is -2.48. The Morgan fingerprint density at radius 3 is 2.80 bits per heavy atom. The van der Waals surface area contributed by atoms with Gasteiger partial charge < -0.3 is 10.1 Å². The zero-order valence-corrected chi connectivity index (χ0v) is 10.0. The minimum absolute atomic E-state index is 0.535. The molecule has 1 unspecified atom stereocenters. The summed E-state index contributed by atoms with van der Waals surface area (Å²) in [4.78, 5) is 2.65.